The van der Waals surface area contributed by atoms with Gasteiger partial charge in [-0.05, 0) is 12.5 Å². The fourth-order valence-corrected chi connectivity index (χ4v) is 1.75. The topological polar surface area (TPSA) is 94.9 Å². The number of primary amides is 1. The van der Waals surface area contributed by atoms with Gasteiger partial charge in [-0.1, -0.05) is 0 Å². The minimum Gasteiger partial charge on any atom is -1.00 e. The number of nitrogens with zero attached hydrogens (tertiary/aromatic N) is 1. The van der Waals surface area contributed by atoms with E-state index >= 15 is 0 Å². The number of halogens is 4. The van der Waals surface area contributed by atoms with Crippen LogP contribution in [0.4, 0.5) is 8.78 Å². The van der Waals surface area contributed by atoms with Crippen molar-refractivity contribution in [2.75, 3.05) is 13.1 Å². The predicted molar refractivity (Wildman–Crippen MR) is 62.8 cm³/mol. The molecule has 114 valence electrons. The van der Waals surface area contributed by atoms with Crippen LogP contribution in [0.15, 0.2) is 12.2 Å². The molecule has 0 saturated carbocycles. The maximum atomic E-state index is 12.0. The summed E-state index contributed by atoms with van der Waals surface area (Å²) in [4.78, 5) is 23.3. The first-order chi connectivity index (χ1) is 7.49. The summed E-state index contributed by atoms with van der Waals surface area (Å²) >= 11 is 0. The average Bonchev–Trinajstić information content (AvgIpc) is 2.45. The smallest absolute Gasteiger partial charge is 1.00 e. The van der Waals surface area contributed by atoms with Crippen molar-refractivity contribution in [3.8, 4) is 0 Å². The van der Waals surface area contributed by atoms with Crippen LogP contribution in [0.2, 0.25) is 0 Å². The molecule has 0 radical (unpaired) electrons. The molecule has 1 fully saturated rings. The normalized spacial score (nSPS) is 16.0. The number of hydrogen-bond acceptors (Lipinski definition) is 2. The van der Waals surface area contributed by atoms with Crippen LogP contribution in [0, 0.1) is 5.92 Å². The van der Waals surface area contributed by atoms with Gasteiger partial charge in [-0.15, -0.1) is 0 Å². The molecule has 5 nitrogen and oxygen atoms in total. The molecule has 1 heterocycles. The summed E-state index contributed by atoms with van der Waals surface area (Å²) in [6.07, 6.45) is -0.131. The first-order valence-corrected chi connectivity index (χ1v) is 5.08. The van der Waals surface area contributed by atoms with E-state index in [4.69, 9.17) is 5.73 Å². The molecule has 0 aromatic rings. The molecule has 0 aliphatic carbocycles. The van der Waals surface area contributed by atoms with Gasteiger partial charge >= 0.3 is 23.1 Å². The fraction of sp³-hybridized carbons (Fsp3) is 0.600. The molecule has 2 amide bonds. The Kier molecular flexibility index (Phi) is 19.4. The van der Waals surface area contributed by atoms with Gasteiger partial charge in [0.05, 0.1) is 0 Å². The number of hydrogen-bond donors (Lipinski definition) is 1. The zero-order valence-electron chi connectivity index (χ0n) is 10.8. The molecule has 0 aromatic heterocycles. The van der Waals surface area contributed by atoms with E-state index < -0.39 is 17.9 Å². The second-order valence-electron chi connectivity index (χ2n) is 3.83. The van der Waals surface area contributed by atoms with E-state index in [1.54, 1.807) is 0 Å². The molecule has 0 spiro atoms. The summed E-state index contributed by atoms with van der Waals surface area (Å²) in [5, 5.41) is 0. The molecule has 1 aliphatic heterocycles. The van der Waals surface area contributed by atoms with E-state index in [0.29, 0.717) is 19.5 Å². The average molecular weight is 345 g/mol. The van der Waals surface area contributed by atoms with Crippen LogP contribution in [-0.2, 0) is 9.59 Å². The standard InChI is InChI=1S/C10H14F2N2O2.2ClH.Mg.H2O/c11-8(12)4-7-5-10(16)14(6-7)3-1-2-9(13)15;;;;/h4,7H,1-3,5-6H2,(H2,13,15);2*1H;;1H2/q;;;+2;/p-2/t7-;;;;/m1..../s1. The van der Waals surface area contributed by atoms with E-state index in [1.165, 1.54) is 4.90 Å². The molecule has 0 unspecified atom stereocenters. The maximum absolute atomic E-state index is 12.0. The Balaban J connectivity index is -0.000000320. The third kappa shape index (κ3) is 10.6. The van der Waals surface area contributed by atoms with Crippen molar-refractivity contribution in [1.82, 2.24) is 4.90 Å². The quantitative estimate of drug-likeness (QED) is 0.502. The van der Waals surface area contributed by atoms with Gasteiger partial charge < -0.3 is 40.9 Å². The summed E-state index contributed by atoms with van der Waals surface area (Å²) in [6.45, 7) is 0.703. The van der Waals surface area contributed by atoms with Gasteiger partial charge in [0, 0.05) is 31.8 Å². The minimum atomic E-state index is -1.75. The Labute approximate surface area is 144 Å². The van der Waals surface area contributed by atoms with Crippen LogP contribution in [0.1, 0.15) is 19.3 Å². The molecule has 0 bridgehead atoms. The molecule has 1 saturated heterocycles. The molecule has 0 aromatic carbocycles. The van der Waals surface area contributed by atoms with Crippen molar-refractivity contribution in [3.05, 3.63) is 12.2 Å². The maximum Gasteiger partial charge on any atom is 2.00 e. The van der Waals surface area contributed by atoms with Crippen LogP contribution in [0.3, 0.4) is 0 Å². The van der Waals surface area contributed by atoms with E-state index in [0.717, 1.165) is 6.08 Å². The largest absolute Gasteiger partial charge is 2.00 e. The van der Waals surface area contributed by atoms with E-state index in [-0.39, 0.29) is 72.1 Å². The van der Waals surface area contributed by atoms with Crippen molar-refractivity contribution >= 4 is 34.9 Å². The molecule has 1 rings (SSSR count). The second-order valence-corrected chi connectivity index (χ2v) is 3.83. The van der Waals surface area contributed by atoms with Gasteiger partial charge in [0.2, 0.25) is 11.8 Å². The summed E-state index contributed by atoms with van der Waals surface area (Å²) in [7, 11) is 0. The number of carbonyl (C=O) groups is 2. The van der Waals surface area contributed by atoms with Crippen LogP contribution >= 0.6 is 0 Å². The van der Waals surface area contributed by atoms with Gasteiger partial charge in [-0.25, -0.2) is 0 Å². The van der Waals surface area contributed by atoms with Crippen LogP contribution in [0.25, 0.3) is 0 Å². The van der Waals surface area contributed by atoms with Crippen molar-refractivity contribution in [2.24, 2.45) is 11.7 Å². The van der Waals surface area contributed by atoms with Gasteiger partial charge in [0.25, 0.3) is 6.08 Å². The van der Waals surface area contributed by atoms with E-state index in [9.17, 15) is 18.4 Å². The van der Waals surface area contributed by atoms with Crippen molar-refractivity contribution < 1.29 is 48.7 Å². The van der Waals surface area contributed by atoms with Crippen molar-refractivity contribution in [3.63, 3.8) is 0 Å². The van der Waals surface area contributed by atoms with Crippen molar-refractivity contribution in [1.29, 1.82) is 0 Å². The summed E-state index contributed by atoms with van der Waals surface area (Å²) < 4.78 is 23.9. The number of likely N-dealkylation sites (tertiary alicyclic amines) is 1. The fourth-order valence-electron chi connectivity index (χ4n) is 1.75. The molecular weight excluding hydrogens is 329 g/mol. The van der Waals surface area contributed by atoms with Gasteiger partial charge in [-0.2, -0.15) is 8.78 Å². The molecule has 1 aliphatic rings. The number of carbonyl (C=O) groups excluding carboxylic acids is 2. The predicted octanol–water partition coefficient (Wildman–Crippen LogP) is -6.32. The van der Waals surface area contributed by atoms with E-state index in [1.807, 2.05) is 0 Å². The second kappa shape index (κ2) is 13.8. The number of rotatable bonds is 5. The zero-order valence-corrected chi connectivity index (χ0v) is 13.7. The number of amides is 2. The number of nitrogens with two attached hydrogens (primary N) is 1. The Morgan fingerprint density at radius 3 is 2.40 bits per heavy atom. The monoisotopic (exact) mass is 344 g/mol. The van der Waals surface area contributed by atoms with Crippen LogP contribution in [0.5, 0.6) is 0 Å². The minimum absolute atomic E-state index is 0. The SMILES string of the molecule is NC(=O)CCCN1C[C@H](C=C(F)F)CC1=O.O.[Cl-].[Cl-].[Mg+2]. The molecule has 1 atom stereocenters. The molecular formula is C10H16Cl2F2MgN2O3. The zero-order chi connectivity index (χ0) is 12.1. The van der Waals surface area contributed by atoms with Gasteiger partial charge in [-0.3, -0.25) is 9.59 Å². The molecule has 10 heteroatoms. The van der Waals surface area contributed by atoms with Crippen LogP contribution in [-0.4, -0.2) is 58.3 Å². The van der Waals surface area contributed by atoms with Crippen LogP contribution < -0.4 is 30.5 Å². The first-order valence-electron chi connectivity index (χ1n) is 5.08. The van der Waals surface area contributed by atoms with Gasteiger partial charge in [0.15, 0.2) is 0 Å². The van der Waals surface area contributed by atoms with E-state index in [2.05, 4.69) is 0 Å². The first kappa shape index (κ1) is 28.1. The van der Waals surface area contributed by atoms with Gasteiger partial charge in [0.1, 0.15) is 0 Å². The Morgan fingerprint density at radius 2 is 1.95 bits per heavy atom. The third-order valence-corrected chi connectivity index (χ3v) is 2.46. The Bertz CT molecular complexity index is 332. The summed E-state index contributed by atoms with van der Waals surface area (Å²) in [5.74, 6) is -0.976. The Morgan fingerprint density at radius 1 is 1.40 bits per heavy atom. The Hall–Kier alpha value is -0.154. The van der Waals surface area contributed by atoms with Crippen molar-refractivity contribution in [2.45, 2.75) is 19.3 Å². The molecule has 4 N–H and O–H groups in total. The third-order valence-electron chi connectivity index (χ3n) is 2.46. The summed E-state index contributed by atoms with van der Waals surface area (Å²) in [5.41, 5.74) is 4.95. The summed E-state index contributed by atoms with van der Waals surface area (Å²) in [6, 6.07) is 0. The molecule has 20 heavy (non-hydrogen) atoms.